The summed E-state index contributed by atoms with van der Waals surface area (Å²) >= 11 is 0. The second-order valence-electron chi connectivity index (χ2n) is 8.96. The van der Waals surface area contributed by atoms with Gasteiger partial charge in [0.05, 0.1) is 5.54 Å². The molecule has 0 N–H and O–H groups in total. The topological polar surface area (TPSA) is 38.1 Å². The van der Waals surface area contributed by atoms with E-state index in [4.69, 9.17) is 0 Å². The third-order valence-corrected chi connectivity index (χ3v) is 7.17. The molecular formula is C26H28FN3O. The Morgan fingerprint density at radius 2 is 1.81 bits per heavy atom. The summed E-state index contributed by atoms with van der Waals surface area (Å²) in [6, 6.07) is 15.5. The molecule has 2 aliphatic rings. The zero-order valence-electron chi connectivity index (χ0n) is 18.1. The molecule has 5 rings (SSSR count). The van der Waals surface area contributed by atoms with E-state index in [2.05, 4.69) is 40.4 Å². The van der Waals surface area contributed by atoms with E-state index in [0.717, 1.165) is 35.4 Å². The summed E-state index contributed by atoms with van der Waals surface area (Å²) in [6.45, 7) is 4.31. The minimum absolute atomic E-state index is 0.201. The van der Waals surface area contributed by atoms with E-state index in [1.165, 1.54) is 18.6 Å². The predicted molar refractivity (Wildman–Crippen MR) is 119 cm³/mol. The first-order chi connectivity index (χ1) is 15.0. The van der Waals surface area contributed by atoms with Gasteiger partial charge in [-0.2, -0.15) is 0 Å². The van der Waals surface area contributed by atoms with Crippen LogP contribution in [0.15, 0.2) is 60.9 Å². The number of aromatic nitrogens is 2. The van der Waals surface area contributed by atoms with Gasteiger partial charge in [0.1, 0.15) is 11.6 Å². The summed E-state index contributed by atoms with van der Waals surface area (Å²) < 4.78 is 16.0. The van der Waals surface area contributed by atoms with Crippen LogP contribution in [0.25, 0.3) is 11.4 Å². The van der Waals surface area contributed by atoms with Gasteiger partial charge in [-0.3, -0.25) is 4.79 Å². The van der Waals surface area contributed by atoms with Gasteiger partial charge in [-0.05, 0) is 62.8 Å². The van der Waals surface area contributed by atoms with E-state index < -0.39 is 5.54 Å². The fraction of sp³-hybridized carbons (Fsp3) is 0.385. The van der Waals surface area contributed by atoms with Crippen LogP contribution in [0.1, 0.15) is 57.1 Å². The Hall–Kier alpha value is -2.95. The molecule has 4 nitrogen and oxygen atoms in total. The van der Waals surface area contributed by atoms with Crippen LogP contribution in [0.2, 0.25) is 0 Å². The molecule has 2 aromatic carbocycles. The zero-order valence-corrected chi connectivity index (χ0v) is 18.1. The third-order valence-electron chi connectivity index (χ3n) is 7.17. The van der Waals surface area contributed by atoms with Gasteiger partial charge in [-0.15, -0.1) is 0 Å². The van der Waals surface area contributed by atoms with Crippen LogP contribution in [0, 0.1) is 5.82 Å². The Morgan fingerprint density at radius 3 is 2.55 bits per heavy atom. The van der Waals surface area contributed by atoms with E-state index >= 15 is 0 Å². The minimum atomic E-state index is -0.575. The smallest absolute Gasteiger partial charge is 0.223 e. The number of carbonyl (C=O) groups is 1. The maximum absolute atomic E-state index is 13.8. The normalized spacial score (nSPS) is 24.7. The van der Waals surface area contributed by atoms with Crippen LogP contribution in [-0.2, 0) is 10.3 Å². The summed E-state index contributed by atoms with van der Waals surface area (Å²) in [5, 5.41) is 0. The number of piperidine rings is 1. The van der Waals surface area contributed by atoms with Crippen molar-refractivity contribution in [2.45, 2.75) is 63.6 Å². The molecule has 1 fully saturated rings. The number of halogens is 1. The van der Waals surface area contributed by atoms with Gasteiger partial charge in [0.15, 0.2) is 0 Å². The quantitative estimate of drug-likeness (QED) is 0.573. The number of carbonyl (C=O) groups excluding carboxylic acids is 1. The number of amides is 1. The molecule has 3 atom stereocenters. The predicted octanol–water partition coefficient (Wildman–Crippen LogP) is 5.36. The van der Waals surface area contributed by atoms with E-state index in [9.17, 15) is 9.18 Å². The molecular weight excluding hydrogens is 389 g/mol. The largest absolute Gasteiger partial charge is 0.337 e. The van der Waals surface area contributed by atoms with Gasteiger partial charge < -0.3 is 9.47 Å². The SMILES string of the molecule is CC1CCCC(C)N1C(=O)CCC1(c2ccc(F)cc2)c2ccccc2-c2nccn21. The molecule has 2 aliphatic heterocycles. The first-order valence-electron chi connectivity index (χ1n) is 11.2. The average Bonchev–Trinajstić information content (AvgIpc) is 3.34. The highest BCUT2D eigenvalue weighted by molar-refractivity contribution is 5.78. The Bertz CT molecular complexity index is 1100. The first kappa shape index (κ1) is 20.0. The molecule has 0 aliphatic carbocycles. The first-order valence-corrected chi connectivity index (χ1v) is 11.2. The van der Waals surface area contributed by atoms with Crippen molar-refractivity contribution in [3.05, 3.63) is 77.9 Å². The molecule has 3 heterocycles. The number of likely N-dealkylation sites (tertiary alicyclic amines) is 1. The molecule has 1 amide bonds. The highest BCUT2D eigenvalue weighted by Gasteiger charge is 2.45. The van der Waals surface area contributed by atoms with Crippen LogP contribution in [0.3, 0.4) is 0 Å². The van der Waals surface area contributed by atoms with Crippen molar-refractivity contribution in [2.24, 2.45) is 0 Å². The lowest BCUT2D eigenvalue weighted by molar-refractivity contribution is -0.137. The Morgan fingerprint density at radius 1 is 1.10 bits per heavy atom. The van der Waals surface area contributed by atoms with E-state index in [-0.39, 0.29) is 23.8 Å². The maximum atomic E-state index is 13.8. The van der Waals surface area contributed by atoms with Gasteiger partial charge in [-0.25, -0.2) is 9.37 Å². The van der Waals surface area contributed by atoms with E-state index in [1.807, 2.05) is 30.5 Å². The lowest BCUT2D eigenvalue weighted by Crippen LogP contribution is -2.48. The van der Waals surface area contributed by atoms with Crippen molar-refractivity contribution < 1.29 is 9.18 Å². The van der Waals surface area contributed by atoms with Crippen molar-refractivity contribution in [3.8, 4) is 11.4 Å². The van der Waals surface area contributed by atoms with Gasteiger partial charge in [0, 0.05) is 36.5 Å². The fourth-order valence-electron chi connectivity index (χ4n) is 5.73. The second kappa shape index (κ2) is 7.63. The zero-order chi connectivity index (χ0) is 21.6. The summed E-state index contributed by atoms with van der Waals surface area (Å²) in [7, 11) is 0. The molecule has 1 saturated heterocycles. The molecule has 3 unspecified atom stereocenters. The standard InChI is InChI=1S/C26H28FN3O/c1-18-6-5-7-19(2)30(18)24(31)14-15-26(20-10-12-21(27)13-11-20)23-9-4-3-8-22(23)25-28-16-17-29(25)26/h3-4,8-13,16-19H,5-7,14-15H2,1-2H3. The molecule has 5 heteroatoms. The summed E-state index contributed by atoms with van der Waals surface area (Å²) in [5.41, 5.74) is 2.60. The van der Waals surface area contributed by atoms with Gasteiger partial charge in [-0.1, -0.05) is 36.4 Å². The van der Waals surface area contributed by atoms with Crippen LogP contribution >= 0.6 is 0 Å². The monoisotopic (exact) mass is 417 g/mol. The van der Waals surface area contributed by atoms with Gasteiger partial charge in [0.25, 0.3) is 0 Å². The van der Waals surface area contributed by atoms with Crippen molar-refractivity contribution in [1.29, 1.82) is 0 Å². The van der Waals surface area contributed by atoms with Crippen molar-refractivity contribution in [2.75, 3.05) is 0 Å². The Kier molecular flexibility index (Phi) is 4.92. The molecule has 3 aromatic rings. The van der Waals surface area contributed by atoms with Crippen molar-refractivity contribution in [3.63, 3.8) is 0 Å². The lowest BCUT2D eigenvalue weighted by Gasteiger charge is -2.40. The van der Waals surface area contributed by atoms with Crippen LogP contribution in [0.4, 0.5) is 4.39 Å². The number of nitrogens with zero attached hydrogens (tertiary/aromatic N) is 3. The molecule has 0 spiro atoms. The van der Waals surface area contributed by atoms with Crippen LogP contribution in [-0.4, -0.2) is 32.4 Å². The number of rotatable bonds is 4. The molecule has 0 bridgehead atoms. The summed E-state index contributed by atoms with van der Waals surface area (Å²) in [6.07, 6.45) is 8.13. The molecule has 0 radical (unpaired) electrons. The summed E-state index contributed by atoms with van der Waals surface area (Å²) in [4.78, 5) is 20.1. The molecule has 0 saturated carbocycles. The molecule has 31 heavy (non-hydrogen) atoms. The lowest BCUT2D eigenvalue weighted by atomic mass is 9.79. The van der Waals surface area contributed by atoms with Crippen molar-refractivity contribution >= 4 is 5.91 Å². The number of hydrogen-bond donors (Lipinski definition) is 0. The Labute approximate surface area is 182 Å². The van der Waals surface area contributed by atoms with Crippen molar-refractivity contribution in [1.82, 2.24) is 14.5 Å². The maximum Gasteiger partial charge on any atom is 0.223 e. The van der Waals surface area contributed by atoms with Crippen LogP contribution in [0.5, 0.6) is 0 Å². The third kappa shape index (κ3) is 3.10. The fourth-order valence-corrected chi connectivity index (χ4v) is 5.73. The minimum Gasteiger partial charge on any atom is -0.337 e. The number of benzene rings is 2. The second-order valence-corrected chi connectivity index (χ2v) is 8.96. The Balaban J connectivity index is 1.57. The van der Waals surface area contributed by atoms with Gasteiger partial charge >= 0.3 is 0 Å². The van der Waals surface area contributed by atoms with Gasteiger partial charge in [0.2, 0.25) is 5.91 Å². The number of imidazole rings is 1. The average molecular weight is 418 g/mol. The van der Waals surface area contributed by atoms with E-state index in [1.54, 1.807) is 6.20 Å². The number of hydrogen-bond acceptors (Lipinski definition) is 2. The summed E-state index contributed by atoms with van der Waals surface area (Å²) in [5.74, 6) is 0.836. The molecule has 160 valence electrons. The number of fused-ring (bicyclic) bond motifs is 3. The van der Waals surface area contributed by atoms with E-state index in [0.29, 0.717) is 12.8 Å². The molecule has 1 aromatic heterocycles. The van der Waals surface area contributed by atoms with Crippen LogP contribution < -0.4 is 0 Å². The highest BCUT2D eigenvalue weighted by Crippen LogP contribution is 2.49. The highest BCUT2D eigenvalue weighted by atomic mass is 19.1.